The van der Waals surface area contributed by atoms with Gasteiger partial charge >= 0.3 is 0 Å². The third-order valence-corrected chi connectivity index (χ3v) is 4.25. The fourth-order valence-electron chi connectivity index (χ4n) is 1.52. The van der Waals surface area contributed by atoms with Crippen LogP contribution in [0.15, 0.2) is 0 Å². The van der Waals surface area contributed by atoms with Crippen molar-refractivity contribution < 1.29 is 4.79 Å². The molecule has 0 radical (unpaired) electrons. The number of hydrogen-bond donors (Lipinski definition) is 1. The zero-order valence-electron chi connectivity index (χ0n) is 10.0. The Balaban J connectivity index is 2.09. The van der Waals surface area contributed by atoms with Crippen LogP contribution in [0.1, 0.15) is 59.4 Å². The number of carbonyl (C=O) groups is 1. The van der Waals surface area contributed by atoms with Crippen molar-refractivity contribution in [3.05, 3.63) is 15.6 Å². The lowest BCUT2D eigenvalue weighted by atomic mass is 10.2. The number of rotatable bonds is 4. The van der Waals surface area contributed by atoms with E-state index in [-0.39, 0.29) is 11.9 Å². The first-order valence-electron chi connectivity index (χ1n) is 5.90. The molecule has 16 heavy (non-hydrogen) atoms. The van der Waals surface area contributed by atoms with Crippen molar-refractivity contribution in [3.63, 3.8) is 0 Å². The molecule has 0 saturated heterocycles. The molecule has 1 heterocycles. The molecule has 1 N–H and O–H groups in total. The number of nitrogens with zero attached hydrogens (tertiary/aromatic N) is 1. The minimum absolute atomic E-state index is 0.0382. The van der Waals surface area contributed by atoms with Gasteiger partial charge in [0.2, 0.25) is 0 Å². The highest BCUT2D eigenvalue weighted by Crippen LogP contribution is 2.42. The van der Waals surface area contributed by atoms with Crippen molar-refractivity contribution in [3.8, 4) is 0 Å². The Labute approximate surface area is 100 Å². The van der Waals surface area contributed by atoms with Crippen LogP contribution >= 0.6 is 11.3 Å². The number of nitrogens with one attached hydrogen (secondary N) is 1. The van der Waals surface area contributed by atoms with Crippen LogP contribution in [-0.4, -0.2) is 16.9 Å². The van der Waals surface area contributed by atoms with Crippen LogP contribution < -0.4 is 5.32 Å². The minimum atomic E-state index is 0.0382. The van der Waals surface area contributed by atoms with E-state index >= 15 is 0 Å². The fraction of sp³-hybridized carbons (Fsp3) is 0.667. The summed E-state index contributed by atoms with van der Waals surface area (Å²) in [5.41, 5.74) is 0.882. The maximum absolute atomic E-state index is 12.0. The van der Waals surface area contributed by atoms with Crippen LogP contribution in [0.2, 0.25) is 0 Å². The molecular formula is C12H18N2OS. The Morgan fingerprint density at radius 3 is 2.88 bits per heavy atom. The van der Waals surface area contributed by atoms with Crippen LogP contribution in [0.3, 0.4) is 0 Å². The Hall–Kier alpha value is -0.900. The van der Waals surface area contributed by atoms with E-state index in [0.29, 0.717) is 5.92 Å². The monoisotopic (exact) mass is 238 g/mol. The van der Waals surface area contributed by atoms with E-state index in [1.807, 2.05) is 13.8 Å². The van der Waals surface area contributed by atoms with Gasteiger partial charge in [0.15, 0.2) is 0 Å². The van der Waals surface area contributed by atoms with Gasteiger partial charge in [0.1, 0.15) is 4.88 Å². The SMILES string of the molecule is CCC(C)NC(=O)c1sc(C2CC2)nc1C. The summed E-state index contributed by atoms with van der Waals surface area (Å²) in [7, 11) is 0. The molecular weight excluding hydrogens is 220 g/mol. The summed E-state index contributed by atoms with van der Waals surface area (Å²) in [6.45, 7) is 6.02. The van der Waals surface area contributed by atoms with Crippen LogP contribution in [0, 0.1) is 6.92 Å². The highest BCUT2D eigenvalue weighted by Gasteiger charge is 2.29. The summed E-state index contributed by atoms with van der Waals surface area (Å²) in [5.74, 6) is 0.671. The van der Waals surface area contributed by atoms with Crippen LogP contribution in [-0.2, 0) is 0 Å². The molecule has 1 aliphatic carbocycles. The summed E-state index contributed by atoms with van der Waals surface area (Å²) < 4.78 is 0. The van der Waals surface area contributed by atoms with Gasteiger partial charge in [0, 0.05) is 12.0 Å². The lowest BCUT2D eigenvalue weighted by Crippen LogP contribution is -2.31. The minimum Gasteiger partial charge on any atom is -0.349 e. The van der Waals surface area contributed by atoms with E-state index in [9.17, 15) is 4.79 Å². The summed E-state index contributed by atoms with van der Waals surface area (Å²) in [5, 5.41) is 4.14. The largest absolute Gasteiger partial charge is 0.349 e. The first-order valence-corrected chi connectivity index (χ1v) is 6.71. The maximum atomic E-state index is 12.0. The van der Waals surface area contributed by atoms with Crippen molar-refractivity contribution in [2.24, 2.45) is 0 Å². The molecule has 0 aromatic carbocycles. The average Bonchev–Trinajstić information content (AvgIpc) is 3.02. The van der Waals surface area contributed by atoms with Crippen molar-refractivity contribution in [1.29, 1.82) is 0 Å². The molecule has 1 aromatic rings. The number of carbonyl (C=O) groups excluding carboxylic acids is 1. The first-order chi connectivity index (χ1) is 7.61. The molecule has 88 valence electrons. The number of aromatic nitrogens is 1. The normalized spacial score (nSPS) is 17.2. The van der Waals surface area contributed by atoms with Gasteiger partial charge in [-0.25, -0.2) is 4.98 Å². The molecule has 1 amide bonds. The van der Waals surface area contributed by atoms with Gasteiger partial charge in [-0.05, 0) is 33.1 Å². The van der Waals surface area contributed by atoms with E-state index < -0.39 is 0 Å². The molecule has 1 aliphatic rings. The van der Waals surface area contributed by atoms with Crippen molar-refractivity contribution in [1.82, 2.24) is 10.3 Å². The highest BCUT2D eigenvalue weighted by molar-refractivity contribution is 7.13. The summed E-state index contributed by atoms with van der Waals surface area (Å²) in [4.78, 5) is 17.2. The first kappa shape index (κ1) is 11.6. The molecule has 1 atom stereocenters. The van der Waals surface area contributed by atoms with E-state index in [1.165, 1.54) is 12.8 Å². The second-order valence-corrected chi connectivity index (χ2v) is 5.55. The molecule has 1 saturated carbocycles. The second-order valence-electron chi connectivity index (χ2n) is 4.52. The predicted octanol–water partition coefficient (Wildman–Crippen LogP) is 2.86. The number of amides is 1. The molecule has 3 nitrogen and oxygen atoms in total. The summed E-state index contributed by atoms with van der Waals surface area (Å²) in [6, 6.07) is 0.235. The number of aryl methyl sites for hydroxylation is 1. The zero-order valence-corrected chi connectivity index (χ0v) is 10.9. The lowest BCUT2D eigenvalue weighted by molar-refractivity contribution is 0.0942. The van der Waals surface area contributed by atoms with Gasteiger partial charge in [-0.1, -0.05) is 6.92 Å². The molecule has 2 rings (SSSR count). The average molecular weight is 238 g/mol. The Morgan fingerprint density at radius 1 is 1.62 bits per heavy atom. The van der Waals surface area contributed by atoms with Crippen molar-refractivity contribution >= 4 is 17.2 Å². The van der Waals surface area contributed by atoms with Gasteiger partial charge in [-0.15, -0.1) is 11.3 Å². The molecule has 1 unspecified atom stereocenters. The number of hydrogen-bond acceptors (Lipinski definition) is 3. The molecule has 0 spiro atoms. The van der Waals surface area contributed by atoms with Gasteiger partial charge in [-0.3, -0.25) is 4.79 Å². The van der Waals surface area contributed by atoms with Crippen LogP contribution in [0.5, 0.6) is 0 Å². The fourth-order valence-corrected chi connectivity index (χ4v) is 2.66. The Bertz CT molecular complexity index is 396. The molecule has 1 aromatic heterocycles. The van der Waals surface area contributed by atoms with E-state index in [4.69, 9.17) is 0 Å². The van der Waals surface area contributed by atoms with Gasteiger partial charge in [0.25, 0.3) is 5.91 Å². The molecule has 0 bridgehead atoms. The van der Waals surface area contributed by atoms with E-state index in [1.54, 1.807) is 11.3 Å². The number of thiazole rings is 1. The van der Waals surface area contributed by atoms with Crippen LogP contribution in [0.4, 0.5) is 0 Å². The predicted molar refractivity (Wildman–Crippen MR) is 66.0 cm³/mol. The molecule has 4 heteroatoms. The van der Waals surface area contributed by atoms with E-state index in [0.717, 1.165) is 22.0 Å². The second kappa shape index (κ2) is 4.53. The summed E-state index contributed by atoms with van der Waals surface area (Å²) >= 11 is 1.57. The highest BCUT2D eigenvalue weighted by atomic mass is 32.1. The Morgan fingerprint density at radius 2 is 2.31 bits per heavy atom. The molecule has 1 fully saturated rings. The third kappa shape index (κ3) is 2.43. The Kier molecular flexibility index (Phi) is 3.28. The third-order valence-electron chi connectivity index (χ3n) is 2.94. The van der Waals surface area contributed by atoms with Gasteiger partial charge in [-0.2, -0.15) is 0 Å². The standard InChI is InChI=1S/C12H18N2OS/c1-4-7(2)13-11(15)10-8(3)14-12(16-10)9-5-6-9/h7,9H,4-6H2,1-3H3,(H,13,15). The topological polar surface area (TPSA) is 42.0 Å². The smallest absolute Gasteiger partial charge is 0.263 e. The van der Waals surface area contributed by atoms with Crippen LogP contribution in [0.25, 0.3) is 0 Å². The van der Waals surface area contributed by atoms with Gasteiger partial charge in [0.05, 0.1) is 10.7 Å². The van der Waals surface area contributed by atoms with Crippen molar-refractivity contribution in [2.75, 3.05) is 0 Å². The molecule has 0 aliphatic heterocycles. The summed E-state index contributed by atoms with van der Waals surface area (Å²) in [6.07, 6.45) is 3.43. The van der Waals surface area contributed by atoms with Gasteiger partial charge < -0.3 is 5.32 Å². The van der Waals surface area contributed by atoms with E-state index in [2.05, 4.69) is 17.2 Å². The zero-order chi connectivity index (χ0) is 11.7. The van der Waals surface area contributed by atoms with Crippen molar-refractivity contribution in [2.45, 2.75) is 52.0 Å². The quantitative estimate of drug-likeness (QED) is 0.876. The maximum Gasteiger partial charge on any atom is 0.263 e. The lowest BCUT2D eigenvalue weighted by Gasteiger charge is -2.09.